The lowest BCUT2D eigenvalue weighted by Gasteiger charge is -2.19. The van der Waals surface area contributed by atoms with Gasteiger partial charge in [-0.25, -0.2) is 8.78 Å². The highest BCUT2D eigenvalue weighted by atomic mass is 32.1. The van der Waals surface area contributed by atoms with Gasteiger partial charge in [0.1, 0.15) is 11.6 Å². The van der Waals surface area contributed by atoms with E-state index >= 15 is 0 Å². The molecule has 0 fully saturated rings. The third-order valence-corrected chi connectivity index (χ3v) is 3.39. The van der Waals surface area contributed by atoms with E-state index < -0.39 is 60.0 Å². The second kappa shape index (κ2) is 8.14. The number of ether oxygens (including phenoxy) is 1. The summed E-state index contributed by atoms with van der Waals surface area (Å²) >= 11 is 2.69. The molecule has 5 nitrogen and oxygen atoms in total. The van der Waals surface area contributed by atoms with Crippen molar-refractivity contribution in [2.24, 2.45) is 0 Å². The molecule has 0 radical (unpaired) electrons. The molecule has 12 heteroatoms. The number of nitrogens with one attached hydrogen (secondary N) is 1. The molecule has 1 rings (SSSR count). The lowest BCUT2D eigenvalue weighted by Crippen LogP contribution is -2.37. The van der Waals surface area contributed by atoms with E-state index in [1.165, 1.54) is 6.92 Å². The van der Waals surface area contributed by atoms with Crippen molar-refractivity contribution in [3.8, 4) is 0 Å². The zero-order valence-corrected chi connectivity index (χ0v) is 13.2. The Hall–Kier alpha value is -1.37. The van der Waals surface area contributed by atoms with E-state index in [0.717, 1.165) is 0 Å². The molecule has 0 unspecified atom stereocenters. The maximum absolute atomic E-state index is 14.3. The van der Waals surface area contributed by atoms with Crippen LogP contribution in [0.4, 0.5) is 22.0 Å². The molecule has 0 amide bonds. The number of alkyl halides is 3. The largest absolute Gasteiger partial charge is 0.491 e. The van der Waals surface area contributed by atoms with E-state index in [2.05, 4.69) is 22.3 Å². The summed E-state index contributed by atoms with van der Waals surface area (Å²) in [6, 6.07) is -1.62. The second-order valence-corrected chi connectivity index (χ2v) is 4.92. The van der Waals surface area contributed by atoms with Gasteiger partial charge >= 0.3 is 19.3 Å². The van der Waals surface area contributed by atoms with Crippen molar-refractivity contribution in [2.45, 2.75) is 25.6 Å². The Kier molecular flexibility index (Phi) is 7.02. The maximum Gasteiger partial charge on any atom is 0.491 e. The van der Waals surface area contributed by atoms with Gasteiger partial charge in [0.05, 0.1) is 24.6 Å². The Bertz CT molecular complexity index is 614. The van der Waals surface area contributed by atoms with Crippen LogP contribution >= 0.6 is 0 Å². The Morgan fingerprint density at radius 3 is 2.38 bits per heavy atom. The molecular weight excluding hydrogens is 360 g/mol. The van der Waals surface area contributed by atoms with Crippen molar-refractivity contribution in [1.82, 2.24) is 4.72 Å². The lowest BCUT2D eigenvalue weighted by atomic mass is 9.76. The average molecular weight is 374 g/mol. The van der Waals surface area contributed by atoms with Crippen LogP contribution in [0.3, 0.4) is 0 Å². The summed E-state index contributed by atoms with van der Waals surface area (Å²) in [5.41, 5.74) is -4.23. The molecule has 0 aliphatic carbocycles. The highest BCUT2D eigenvalue weighted by Crippen LogP contribution is 2.35. The van der Waals surface area contributed by atoms with Crippen LogP contribution in [0.2, 0.25) is 0 Å². The van der Waals surface area contributed by atoms with Crippen molar-refractivity contribution in [3.63, 3.8) is 0 Å². The van der Waals surface area contributed by atoms with Crippen LogP contribution in [0.1, 0.15) is 30.5 Å². The third kappa shape index (κ3) is 4.59. The molecule has 0 bridgehead atoms. The van der Waals surface area contributed by atoms with Gasteiger partial charge in [-0.2, -0.15) is 13.2 Å². The zero-order valence-electron chi connectivity index (χ0n) is 12.2. The fourth-order valence-electron chi connectivity index (χ4n) is 1.99. The Morgan fingerprint density at radius 2 is 1.96 bits per heavy atom. The highest BCUT2D eigenvalue weighted by Gasteiger charge is 2.40. The second-order valence-electron chi connectivity index (χ2n) is 4.63. The summed E-state index contributed by atoms with van der Waals surface area (Å²) in [4.78, 5) is 11.5. The van der Waals surface area contributed by atoms with Gasteiger partial charge < -0.3 is 14.8 Å². The molecular formula is C12H14BF5NO4S+. The number of benzene rings is 1. The first-order valence-electron chi connectivity index (χ1n) is 6.57. The average Bonchev–Trinajstić information content (AvgIpc) is 2.44. The van der Waals surface area contributed by atoms with Crippen LogP contribution in [0.25, 0.3) is 0 Å². The van der Waals surface area contributed by atoms with Crippen molar-refractivity contribution in [2.75, 3.05) is 6.61 Å². The van der Waals surface area contributed by atoms with Crippen molar-refractivity contribution >= 4 is 31.4 Å². The van der Waals surface area contributed by atoms with Gasteiger partial charge in [0, 0.05) is 23.8 Å². The van der Waals surface area contributed by atoms with Gasteiger partial charge in [0.25, 0.3) is 0 Å². The van der Waals surface area contributed by atoms with Gasteiger partial charge in [-0.3, -0.25) is 4.79 Å². The molecule has 0 aliphatic heterocycles. The van der Waals surface area contributed by atoms with E-state index in [1.54, 1.807) is 0 Å². The van der Waals surface area contributed by atoms with Gasteiger partial charge in [-0.05, 0) is 13.0 Å². The number of halogens is 5. The lowest BCUT2D eigenvalue weighted by molar-refractivity contribution is -0.143. The van der Waals surface area contributed by atoms with Gasteiger partial charge in [-0.15, -0.1) is 4.72 Å². The van der Waals surface area contributed by atoms with Gasteiger partial charge in [0.15, 0.2) is 0 Å². The monoisotopic (exact) mass is 374 g/mol. The summed E-state index contributed by atoms with van der Waals surface area (Å²) in [5.74, 6) is -4.50. The normalized spacial score (nSPS) is 12.9. The first-order valence-corrected chi connectivity index (χ1v) is 7.07. The molecule has 0 heterocycles. The molecule has 0 aromatic heterocycles. The van der Waals surface area contributed by atoms with E-state index in [1.807, 2.05) is 0 Å². The fourth-order valence-corrected chi connectivity index (χ4v) is 2.24. The van der Waals surface area contributed by atoms with E-state index in [9.17, 15) is 26.7 Å². The SMILES string of the molecule is CCOC(=O)C[C@H](N[SH2+])c1c(F)c(B(O)O)cc(C(F)(F)F)c1F. The maximum atomic E-state index is 14.3. The Balaban J connectivity index is 3.53. The van der Waals surface area contributed by atoms with Crippen molar-refractivity contribution in [3.05, 3.63) is 28.8 Å². The van der Waals surface area contributed by atoms with Crippen molar-refractivity contribution < 1.29 is 41.5 Å². The molecule has 134 valence electrons. The summed E-state index contributed by atoms with van der Waals surface area (Å²) in [6.07, 6.45) is -5.91. The summed E-state index contributed by atoms with van der Waals surface area (Å²) < 4.78 is 73.9. The molecule has 3 N–H and O–H groups in total. The third-order valence-electron chi connectivity index (χ3n) is 3.05. The molecule has 0 aliphatic rings. The number of esters is 1. The van der Waals surface area contributed by atoms with Crippen LogP contribution in [0, 0.1) is 11.6 Å². The van der Waals surface area contributed by atoms with E-state index in [0.29, 0.717) is 0 Å². The van der Waals surface area contributed by atoms with E-state index in [-0.39, 0.29) is 12.7 Å². The van der Waals surface area contributed by atoms with Crippen molar-refractivity contribution in [1.29, 1.82) is 0 Å². The Morgan fingerprint density at radius 1 is 1.38 bits per heavy atom. The Labute approximate surface area is 139 Å². The summed E-state index contributed by atoms with van der Waals surface area (Å²) in [6.45, 7) is 1.43. The summed E-state index contributed by atoms with van der Waals surface area (Å²) in [7, 11) is -2.61. The van der Waals surface area contributed by atoms with Gasteiger partial charge in [0.2, 0.25) is 0 Å². The number of rotatable bonds is 6. The molecule has 1 aromatic carbocycles. The summed E-state index contributed by atoms with van der Waals surface area (Å²) in [5, 5.41) is 18.1. The minimum atomic E-state index is -5.21. The quantitative estimate of drug-likeness (QED) is 0.287. The zero-order chi connectivity index (χ0) is 18.7. The molecule has 1 atom stereocenters. The van der Waals surface area contributed by atoms with Gasteiger partial charge in [-0.1, -0.05) is 0 Å². The van der Waals surface area contributed by atoms with Crippen LogP contribution in [0.5, 0.6) is 0 Å². The first kappa shape index (κ1) is 20.7. The van der Waals surface area contributed by atoms with Crippen LogP contribution in [-0.4, -0.2) is 29.7 Å². The number of carbonyl (C=O) groups excluding carboxylic acids is 1. The highest BCUT2D eigenvalue weighted by molar-refractivity contribution is 7.56. The predicted octanol–water partition coefficient (Wildman–Crippen LogP) is 0.174. The van der Waals surface area contributed by atoms with E-state index in [4.69, 9.17) is 10.0 Å². The molecule has 1 aromatic rings. The fraction of sp³-hybridized carbons (Fsp3) is 0.417. The minimum absolute atomic E-state index is 0.0338. The number of hydrogen-bond donors (Lipinski definition) is 3. The van der Waals surface area contributed by atoms with Crippen LogP contribution in [-0.2, 0) is 28.5 Å². The molecule has 0 saturated carbocycles. The first-order chi connectivity index (χ1) is 11.0. The number of hydrogen-bond acceptors (Lipinski definition) is 5. The molecule has 24 heavy (non-hydrogen) atoms. The minimum Gasteiger partial charge on any atom is -0.466 e. The van der Waals surface area contributed by atoms with Crippen LogP contribution < -0.4 is 10.2 Å². The molecule has 0 saturated heterocycles. The number of carbonyl (C=O) groups is 1. The van der Waals surface area contributed by atoms with Crippen LogP contribution in [0.15, 0.2) is 6.07 Å². The smallest absolute Gasteiger partial charge is 0.466 e. The standard InChI is InChI=1S/C12H13BF5NO4S/c1-2-23-8(20)4-7(19-24)9-10(14)5(12(16,17)18)3-6(11(9)15)13(21)22/h3,7,19,21-22,24H,2,4H2,1H3/p+1/t7-/m0/s1. The predicted molar refractivity (Wildman–Crippen MR) is 78.5 cm³/mol. The topological polar surface area (TPSA) is 78.8 Å². The molecule has 0 spiro atoms.